The van der Waals surface area contributed by atoms with Crippen molar-refractivity contribution in [3.05, 3.63) is 23.8 Å². The van der Waals surface area contributed by atoms with E-state index in [9.17, 15) is 14.7 Å². The van der Waals surface area contributed by atoms with Crippen molar-refractivity contribution >= 4 is 17.6 Å². The lowest BCUT2D eigenvalue weighted by Gasteiger charge is -2.26. The molecule has 1 amide bonds. The van der Waals surface area contributed by atoms with Crippen LogP contribution in [0.5, 0.6) is 5.75 Å². The third-order valence-corrected chi connectivity index (χ3v) is 4.08. The lowest BCUT2D eigenvalue weighted by atomic mass is 9.81. The minimum absolute atomic E-state index is 0.0313. The monoisotopic (exact) mass is 277 g/mol. The summed E-state index contributed by atoms with van der Waals surface area (Å²) in [7, 11) is 0. The average molecular weight is 277 g/mol. The van der Waals surface area contributed by atoms with Crippen LogP contribution in [-0.2, 0) is 4.79 Å². The van der Waals surface area contributed by atoms with Crippen molar-refractivity contribution in [3.63, 3.8) is 0 Å². The Morgan fingerprint density at radius 1 is 1.35 bits per heavy atom. The predicted octanol–water partition coefficient (Wildman–Crippen LogP) is 2.86. The third-order valence-electron chi connectivity index (χ3n) is 4.08. The van der Waals surface area contributed by atoms with E-state index in [4.69, 9.17) is 5.11 Å². The summed E-state index contributed by atoms with van der Waals surface area (Å²) in [5.74, 6) is -1.50. The SMILES string of the molecule is CC1(C)CCCC1C(=O)Nc1cc(C(=O)O)ccc1O. The van der Waals surface area contributed by atoms with Crippen molar-refractivity contribution in [2.45, 2.75) is 33.1 Å². The Labute approximate surface area is 117 Å². The highest BCUT2D eigenvalue weighted by molar-refractivity contribution is 5.97. The molecule has 0 bridgehead atoms. The maximum Gasteiger partial charge on any atom is 0.335 e. The van der Waals surface area contributed by atoms with E-state index < -0.39 is 5.97 Å². The number of phenols is 1. The molecule has 20 heavy (non-hydrogen) atoms. The van der Waals surface area contributed by atoms with Crippen LogP contribution in [-0.4, -0.2) is 22.1 Å². The molecular weight excluding hydrogens is 258 g/mol. The summed E-state index contributed by atoms with van der Waals surface area (Å²) < 4.78 is 0. The molecule has 108 valence electrons. The van der Waals surface area contributed by atoms with Crippen molar-refractivity contribution < 1.29 is 19.8 Å². The topological polar surface area (TPSA) is 86.6 Å². The Kier molecular flexibility index (Phi) is 3.70. The van der Waals surface area contributed by atoms with E-state index in [2.05, 4.69) is 19.2 Å². The molecule has 0 radical (unpaired) electrons. The summed E-state index contributed by atoms with van der Waals surface area (Å²) in [5, 5.41) is 21.3. The maximum absolute atomic E-state index is 12.3. The number of carbonyl (C=O) groups excluding carboxylic acids is 1. The molecule has 1 fully saturated rings. The standard InChI is InChI=1S/C15H19NO4/c1-15(2)7-3-4-10(15)13(18)16-11-8-9(14(19)20)5-6-12(11)17/h5-6,8,10,17H,3-4,7H2,1-2H3,(H,16,18)(H,19,20). The van der Waals surface area contributed by atoms with Gasteiger partial charge in [-0.05, 0) is 36.5 Å². The Hall–Kier alpha value is -2.04. The smallest absolute Gasteiger partial charge is 0.335 e. The summed E-state index contributed by atoms with van der Waals surface area (Å²) in [6.07, 6.45) is 2.82. The number of carbonyl (C=O) groups is 2. The highest BCUT2D eigenvalue weighted by Gasteiger charge is 2.39. The molecule has 0 saturated heterocycles. The van der Waals surface area contributed by atoms with E-state index in [0.29, 0.717) is 0 Å². The summed E-state index contributed by atoms with van der Waals surface area (Å²) in [6, 6.07) is 3.85. The summed E-state index contributed by atoms with van der Waals surface area (Å²) >= 11 is 0. The number of benzene rings is 1. The number of anilines is 1. The molecule has 0 aromatic heterocycles. The third kappa shape index (κ3) is 2.76. The highest BCUT2D eigenvalue weighted by atomic mass is 16.4. The Bertz CT molecular complexity index is 551. The Morgan fingerprint density at radius 3 is 2.60 bits per heavy atom. The number of aromatic carboxylic acids is 1. The zero-order valence-corrected chi connectivity index (χ0v) is 11.6. The first-order valence-electron chi connectivity index (χ1n) is 6.68. The van der Waals surface area contributed by atoms with E-state index in [1.807, 2.05) is 0 Å². The van der Waals surface area contributed by atoms with Gasteiger partial charge in [-0.1, -0.05) is 20.3 Å². The van der Waals surface area contributed by atoms with Gasteiger partial charge in [-0.25, -0.2) is 4.79 Å². The average Bonchev–Trinajstić information content (AvgIpc) is 2.71. The minimum Gasteiger partial charge on any atom is -0.506 e. The van der Waals surface area contributed by atoms with Crippen LogP contribution in [0, 0.1) is 11.3 Å². The number of aromatic hydroxyl groups is 1. The van der Waals surface area contributed by atoms with Crippen molar-refractivity contribution in [1.29, 1.82) is 0 Å². The number of hydrogen-bond donors (Lipinski definition) is 3. The second kappa shape index (κ2) is 5.15. The number of phenolic OH excluding ortho intramolecular Hbond substituents is 1. The van der Waals surface area contributed by atoms with Gasteiger partial charge in [0.1, 0.15) is 5.75 Å². The summed E-state index contributed by atoms with van der Waals surface area (Å²) in [6.45, 7) is 4.11. The van der Waals surface area contributed by atoms with Gasteiger partial charge < -0.3 is 15.5 Å². The van der Waals surface area contributed by atoms with Crippen LogP contribution in [0.25, 0.3) is 0 Å². The molecule has 1 aromatic rings. The first kappa shape index (κ1) is 14.4. The van der Waals surface area contributed by atoms with Crippen molar-refractivity contribution in [1.82, 2.24) is 0 Å². The van der Waals surface area contributed by atoms with E-state index in [-0.39, 0.29) is 34.2 Å². The molecule has 1 atom stereocenters. The fourth-order valence-corrected chi connectivity index (χ4v) is 2.80. The van der Waals surface area contributed by atoms with Gasteiger partial charge in [0, 0.05) is 5.92 Å². The van der Waals surface area contributed by atoms with Gasteiger partial charge in [0.25, 0.3) is 0 Å². The molecule has 5 nitrogen and oxygen atoms in total. The Morgan fingerprint density at radius 2 is 2.05 bits per heavy atom. The van der Waals surface area contributed by atoms with Gasteiger partial charge in [-0.2, -0.15) is 0 Å². The van der Waals surface area contributed by atoms with Crippen LogP contribution in [0.15, 0.2) is 18.2 Å². The van der Waals surface area contributed by atoms with E-state index >= 15 is 0 Å². The van der Waals surface area contributed by atoms with Gasteiger partial charge in [0.15, 0.2) is 0 Å². The van der Waals surface area contributed by atoms with Gasteiger partial charge in [-0.3, -0.25) is 4.79 Å². The van der Waals surface area contributed by atoms with E-state index in [1.165, 1.54) is 18.2 Å². The molecular formula is C15H19NO4. The molecule has 5 heteroatoms. The number of amides is 1. The normalized spacial score (nSPS) is 20.6. The fourth-order valence-electron chi connectivity index (χ4n) is 2.80. The Balaban J connectivity index is 2.19. The zero-order valence-electron chi connectivity index (χ0n) is 11.6. The molecule has 0 heterocycles. The van der Waals surface area contributed by atoms with Gasteiger partial charge in [0.05, 0.1) is 11.3 Å². The molecule has 0 spiro atoms. The van der Waals surface area contributed by atoms with Crippen molar-refractivity contribution in [2.24, 2.45) is 11.3 Å². The first-order valence-corrected chi connectivity index (χ1v) is 6.68. The number of carboxylic acid groups (broad SMARTS) is 1. The molecule has 1 unspecified atom stereocenters. The highest BCUT2D eigenvalue weighted by Crippen LogP contribution is 2.43. The maximum atomic E-state index is 12.3. The van der Waals surface area contributed by atoms with Crippen LogP contribution < -0.4 is 5.32 Å². The minimum atomic E-state index is -1.10. The van der Waals surface area contributed by atoms with Crippen LogP contribution in [0.4, 0.5) is 5.69 Å². The number of hydrogen-bond acceptors (Lipinski definition) is 3. The van der Waals surface area contributed by atoms with Crippen LogP contribution in [0.3, 0.4) is 0 Å². The zero-order chi connectivity index (χ0) is 14.9. The van der Waals surface area contributed by atoms with E-state index in [1.54, 1.807) is 0 Å². The van der Waals surface area contributed by atoms with Crippen molar-refractivity contribution in [2.75, 3.05) is 5.32 Å². The largest absolute Gasteiger partial charge is 0.506 e. The second-order valence-electron chi connectivity index (χ2n) is 5.96. The summed E-state index contributed by atoms with van der Waals surface area (Å²) in [4.78, 5) is 23.2. The number of carboxylic acids is 1. The lowest BCUT2D eigenvalue weighted by Crippen LogP contribution is -2.30. The van der Waals surface area contributed by atoms with Gasteiger partial charge >= 0.3 is 5.97 Å². The molecule has 1 saturated carbocycles. The van der Waals surface area contributed by atoms with Crippen molar-refractivity contribution in [3.8, 4) is 5.75 Å². The quantitative estimate of drug-likeness (QED) is 0.741. The van der Waals surface area contributed by atoms with E-state index in [0.717, 1.165) is 19.3 Å². The fraction of sp³-hybridized carbons (Fsp3) is 0.467. The molecule has 0 aliphatic heterocycles. The molecule has 2 rings (SSSR count). The van der Waals surface area contributed by atoms with Crippen LogP contribution >= 0.6 is 0 Å². The van der Waals surface area contributed by atoms with Crippen LogP contribution in [0.1, 0.15) is 43.5 Å². The van der Waals surface area contributed by atoms with Gasteiger partial charge in [-0.15, -0.1) is 0 Å². The second-order valence-corrected chi connectivity index (χ2v) is 5.96. The predicted molar refractivity (Wildman–Crippen MR) is 74.8 cm³/mol. The summed E-state index contributed by atoms with van der Waals surface area (Å²) in [5.41, 5.74) is 0.116. The van der Waals surface area contributed by atoms with Crippen LogP contribution in [0.2, 0.25) is 0 Å². The number of nitrogens with one attached hydrogen (secondary N) is 1. The molecule has 1 aliphatic carbocycles. The molecule has 1 aromatic carbocycles. The first-order chi connectivity index (χ1) is 9.31. The lowest BCUT2D eigenvalue weighted by molar-refractivity contribution is -0.122. The molecule has 3 N–H and O–H groups in total. The number of rotatable bonds is 3. The molecule has 1 aliphatic rings. The van der Waals surface area contributed by atoms with Gasteiger partial charge in [0.2, 0.25) is 5.91 Å².